The molecule has 7 nitrogen and oxygen atoms in total. The van der Waals surface area contributed by atoms with Crippen molar-refractivity contribution in [3.63, 3.8) is 0 Å². The molecule has 3 amide bonds. The van der Waals surface area contributed by atoms with Crippen LogP contribution in [0, 0.1) is 0 Å². The number of thioether (sulfide) groups is 1. The molecule has 0 atom stereocenters. The number of morpholine rings is 1. The van der Waals surface area contributed by atoms with Crippen LogP contribution in [0.2, 0.25) is 0 Å². The number of hydrogen-bond acceptors (Lipinski definition) is 5. The molecule has 2 aliphatic rings. The lowest BCUT2D eigenvalue weighted by Gasteiger charge is -2.28. The Bertz CT molecular complexity index is 959. The third kappa shape index (κ3) is 3.38. The minimum atomic E-state index is -0.417. The predicted molar refractivity (Wildman–Crippen MR) is 103 cm³/mol. The van der Waals surface area contributed by atoms with Gasteiger partial charge in [-0.15, -0.1) is 0 Å². The molecule has 1 aromatic carbocycles. The van der Waals surface area contributed by atoms with E-state index in [1.54, 1.807) is 11.0 Å². The normalized spacial score (nSPS) is 19.5. The standard InChI is InChI=1S/C19H19N3O4S/c1-20-11-13(14-4-2-3-5-15(14)20)10-16-18(24)22(19(25)27-16)12-17(23)21-6-8-26-9-7-21/h2-5,10-11H,6-9,12H2,1H3/b16-10-. The van der Waals surface area contributed by atoms with Crippen LogP contribution >= 0.6 is 11.8 Å². The summed E-state index contributed by atoms with van der Waals surface area (Å²) in [4.78, 5) is 40.4. The molecule has 4 rings (SSSR count). The van der Waals surface area contributed by atoms with Crippen molar-refractivity contribution in [1.82, 2.24) is 14.4 Å². The first-order valence-corrected chi connectivity index (χ1v) is 9.51. The summed E-state index contributed by atoms with van der Waals surface area (Å²) >= 11 is 0.877. The third-order valence-corrected chi connectivity index (χ3v) is 5.65. The van der Waals surface area contributed by atoms with Gasteiger partial charge in [0.25, 0.3) is 11.1 Å². The fourth-order valence-electron chi connectivity index (χ4n) is 3.31. The molecular formula is C19H19N3O4S. The largest absolute Gasteiger partial charge is 0.378 e. The number of ether oxygens (including phenoxy) is 1. The minimum Gasteiger partial charge on any atom is -0.378 e. The van der Waals surface area contributed by atoms with Crippen LogP contribution in [0.1, 0.15) is 5.56 Å². The van der Waals surface area contributed by atoms with Crippen LogP contribution < -0.4 is 0 Å². The zero-order chi connectivity index (χ0) is 19.0. The first-order chi connectivity index (χ1) is 13.0. The predicted octanol–water partition coefficient (Wildman–Crippen LogP) is 2.07. The van der Waals surface area contributed by atoms with E-state index in [-0.39, 0.29) is 12.5 Å². The molecule has 0 saturated carbocycles. The first kappa shape index (κ1) is 17.8. The molecule has 0 spiro atoms. The fourth-order valence-corrected chi connectivity index (χ4v) is 4.14. The number of carbonyl (C=O) groups is 3. The lowest BCUT2D eigenvalue weighted by atomic mass is 10.1. The number of imide groups is 1. The quantitative estimate of drug-likeness (QED) is 0.757. The zero-order valence-electron chi connectivity index (χ0n) is 14.9. The van der Waals surface area contributed by atoms with Gasteiger partial charge in [-0.05, 0) is 23.9 Å². The van der Waals surface area contributed by atoms with Gasteiger partial charge in [-0.1, -0.05) is 18.2 Å². The summed E-state index contributed by atoms with van der Waals surface area (Å²) in [7, 11) is 1.94. The van der Waals surface area contributed by atoms with Crippen molar-refractivity contribution in [3.8, 4) is 0 Å². The Morgan fingerprint density at radius 1 is 1.22 bits per heavy atom. The van der Waals surface area contributed by atoms with Gasteiger partial charge < -0.3 is 14.2 Å². The highest BCUT2D eigenvalue weighted by molar-refractivity contribution is 8.18. The Balaban J connectivity index is 1.55. The molecular weight excluding hydrogens is 366 g/mol. The molecule has 8 heteroatoms. The van der Waals surface area contributed by atoms with Gasteiger partial charge >= 0.3 is 0 Å². The molecule has 0 unspecified atom stereocenters. The monoisotopic (exact) mass is 385 g/mol. The van der Waals surface area contributed by atoms with Crippen LogP contribution in [0.15, 0.2) is 35.4 Å². The minimum absolute atomic E-state index is 0.225. The molecule has 1 aromatic heterocycles. The van der Waals surface area contributed by atoms with Gasteiger partial charge in [-0.25, -0.2) is 0 Å². The van der Waals surface area contributed by atoms with Gasteiger partial charge in [0.15, 0.2) is 0 Å². The molecule has 0 bridgehead atoms. The van der Waals surface area contributed by atoms with Crippen LogP contribution in [0.4, 0.5) is 4.79 Å². The van der Waals surface area contributed by atoms with E-state index in [2.05, 4.69) is 0 Å². The number of hydrogen-bond donors (Lipinski definition) is 0. The number of fused-ring (bicyclic) bond motifs is 1. The number of rotatable bonds is 3. The van der Waals surface area contributed by atoms with Gasteiger partial charge in [-0.2, -0.15) is 0 Å². The summed E-state index contributed by atoms with van der Waals surface area (Å²) in [5.74, 6) is -0.647. The van der Waals surface area contributed by atoms with E-state index < -0.39 is 11.1 Å². The molecule has 2 aliphatic heterocycles. The summed E-state index contributed by atoms with van der Waals surface area (Å²) in [6, 6.07) is 7.87. The van der Waals surface area contributed by atoms with Crippen molar-refractivity contribution in [1.29, 1.82) is 0 Å². The van der Waals surface area contributed by atoms with Crippen LogP contribution in [0.5, 0.6) is 0 Å². The summed E-state index contributed by atoms with van der Waals surface area (Å²) < 4.78 is 7.21. The second-order valence-corrected chi connectivity index (χ2v) is 7.47. The van der Waals surface area contributed by atoms with E-state index in [0.29, 0.717) is 31.2 Å². The van der Waals surface area contributed by atoms with Gasteiger partial charge in [0.1, 0.15) is 6.54 Å². The van der Waals surface area contributed by atoms with Crippen molar-refractivity contribution in [3.05, 3.63) is 40.9 Å². The SMILES string of the molecule is Cn1cc(/C=C2\SC(=O)N(CC(=O)N3CCOCC3)C2=O)c2ccccc21. The van der Waals surface area contributed by atoms with Gasteiger partial charge in [0.2, 0.25) is 5.91 Å². The number of nitrogens with zero attached hydrogens (tertiary/aromatic N) is 3. The highest BCUT2D eigenvalue weighted by Gasteiger charge is 2.37. The molecule has 2 aromatic rings. The number of aryl methyl sites for hydroxylation is 1. The third-order valence-electron chi connectivity index (χ3n) is 4.75. The van der Waals surface area contributed by atoms with E-state index in [9.17, 15) is 14.4 Å². The molecule has 0 aliphatic carbocycles. The number of benzene rings is 1. The van der Waals surface area contributed by atoms with Gasteiger partial charge in [0, 0.05) is 42.8 Å². The van der Waals surface area contributed by atoms with E-state index >= 15 is 0 Å². The molecule has 0 radical (unpaired) electrons. The number of amides is 3. The highest BCUT2D eigenvalue weighted by Crippen LogP contribution is 2.34. The lowest BCUT2D eigenvalue weighted by Crippen LogP contribution is -2.46. The van der Waals surface area contributed by atoms with Crippen molar-refractivity contribution in [2.75, 3.05) is 32.8 Å². The highest BCUT2D eigenvalue weighted by atomic mass is 32.2. The first-order valence-electron chi connectivity index (χ1n) is 8.69. The van der Waals surface area contributed by atoms with E-state index in [1.807, 2.05) is 42.1 Å². The number of aromatic nitrogens is 1. The van der Waals surface area contributed by atoms with Gasteiger partial charge in [-0.3, -0.25) is 19.3 Å². The Morgan fingerprint density at radius 3 is 2.74 bits per heavy atom. The smallest absolute Gasteiger partial charge is 0.294 e. The molecule has 2 fully saturated rings. The van der Waals surface area contributed by atoms with Crippen LogP contribution in [-0.4, -0.2) is 64.3 Å². The maximum atomic E-state index is 12.7. The zero-order valence-corrected chi connectivity index (χ0v) is 15.7. The molecule has 140 valence electrons. The van der Waals surface area contributed by atoms with Gasteiger partial charge in [0.05, 0.1) is 18.1 Å². The summed E-state index contributed by atoms with van der Waals surface area (Å²) in [6.07, 6.45) is 3.66. The Labute approximate surface area is 160 Å². The Hall–Kier alpha value is -2.58. The van der Waals surface area contributed by atoms with Crippen LogP contribution in [0.3, 0.4) is 0 Å². The van der Waals surface area contributed by atoms with E-state index in [0.717, 1.165) is 33.1 Å². The maximum absolute atomic E-state index is 12.7. The maximum Gasteiger partial charge on any atom is 0.294 e. The molecule has 0 N–H and O–H groups in total. The topological polar surface area (TPSA) is 71.8 Å². The van der Waals surface area contributed by atoms with Crippen LogP contribution in [-0.2, 0) is 21.4 Å². The van der Waals surface area contributed by atoms with Crippen molar-refractivity contribution >= 4 is 45.8 Å². The summed E-state index contributed by atoms with van der Waals surface area (Å²) in [6.45, 7) is 1.71. The summed E-state index contributed by atoms with van der Waals surface area (Å²) in [5, 5.41) is 0.601. The van der Waals surface area contributed by atoms with Crippen molar-refractivity contribution in [2.24, 2.45) is 7.05 Å². The fraction of sp³-hybridized carbons (Fsp3) is 0.316. The number of para-hydroxylation sites is 1. The Kier molecular flexibility index (Phi) is 4.75. The number of carbonyl (C=O) groups excluding carboxylic acids is 3. The molecule has 27 heavy (non-hydrogen) atoms. The second kappa shape index (κ2) is 7.21. The van der Waals surface area contributed by atoms with E-state index in [4.69, 9.17) is 4.74 Å². The molecule has 2 saturated heterocycles. The van der Waals surface area contributed by atoms with E-state index in [1.165, 1.54) is 0 Å². The average Bonchev–Trinajstić information content (AvgIpc) is 3.14. The Morgan fingerprint density at radius 2 is 1.96 bits per heavy atom. The van der Waals surface area contributed by atoms with Crippen molar-refractivity contribution < 1.29 is 19.1 Å². The lowest BCUT2D eigenvalue weighted by molar-refractivity contribution is -0.139. The average molecular weight is 385 g/mol. The summed E-state index contributed by atoms with van der Waals surface area (Å²) in [5.41, 5.74) is 1.92. The van der Waals surface area contributed by atoms with Crippen LogP contribution in [0.25, 0.3) is 17.0 Å². The van der Waals surface area contributed by atoms with Crippen molar-refractivity contribution in [2.45, 2.75) is 0 Å². The second-order valence-electron chi connectivity index (χ2n) is 6.47. The molecule has 3 heterocycles.